The Morgan fingerprint density at radius 3 is 2.22 bits per heavy atom. The molecule has 8 heteroatoms. The highest BCUT2D eigenvalue weighted by Gasteiger charge is 2.19. The van der Waals surface area contributed by atoms with Crippen LogP contribution in [0.25, 0.3) is 0 Å². The van der Waals surface area contributed by atoms with Gasteiger partial charge in [-0.1, -0.05) is 0 Å². The zero-order chi connectivity index (χ0) is 19.8. The summed E-state index contributed by atoms with van der Waals surface area (Å²) in [6.07, 6.45) is 0. The second-order valence-electron chi connectivity index (χ2n) is 5.22. The number of nitrogens with zero attached hydrogens (tertiary/aromatic N) is 1. The zero-order valence-electron chi connectivity index (χ0n) is 15.1. The van der Waals surface area contributed by atoms with E-state index in [9.17, 15) is 9.59 Å². The lowest BCUT2D eigenvalue weighted by atomic mass is 10.1. The molecular formula is C19H18N2O6. The van der Waals surface area contributed by atoms with Crippen LogP contribution in [0.15, 0.2) is 36.4 Å². The van der Waals surface area contributed by atoms with Crippen LogP contribution in [-0.2, 0) is 9.53 Å². The van der Waals surface area contributed by atoms with E-state index in [-0.39, 0.29) is 17.9 Å². The summed E-state index contributed by atoms with van der Waals surface area (Å²) < 4.78 is 20.5. The molecule has 0 aliphatic rings. The number of amides is 1. The summed E-state index contributed by atoms with van der Waals surface area (Å²) in [6.45, 7) is -0.291. The molecule has 0 aliphatic heterocycles. The number of nitriles is 1. The van der Waals surface area contributed by atoms with Gasteiger partial charge in [-0.2, -0.15) is 5.26 Å². The van der Waals surface area contributed by atoms with Crippen LogP contribution >= 0.6 is 0 Å². The Morgan fingerprint density at radius 1 is 1.04 bits per heavy atom. The third-order valence-corrected chi connectivity index (χ3v) is 3.56. The third kappa shape index (κ3) is 4.89. The van der Waals surface area contributed by atoms with Gasteiger partial charge in [0.2, 0.25) is 0 Å². The molecule has 0 bridgehead atoms. The van der Waals surface area contributed by atoms with E-state index in [0.29, 0.717) is 22.8 Å². The summed E-state index contributed by atoms with van der Waals surface area (Å²) in [5, 5.41) is 11.4. The molecule has 2 aromatic rings. The van der Waals surface area contributed by atoms with Crippen molar-refractivity contribution < 1.29 is 28.5 Å². The standard InChI is InChI=1S/C19H18N2O6/c1-24-16-8-14(19(23)26-3)15(9-17(16)25-2)21-18(22)11-27-13-6-4-12(10-20)5-7-13/h4-9H,11H2,1-3H3,(H,21,22). The molecule has 27 heavy (non-hydrogen) atoms. The lowest BCUT2D eigenvalue weighted by Gasteiger charge is -2.15. The van der Waals surface area contributed by atoms with E-state index < -0.39 is 11.9 Å². The largest absolute Gasteiger partial charge is 0.493 e. The molecule has 2 rings (SSSR count). The van der Waals surface area contributed by atoms with Crippen LogP contribution in [0, 0.1) is 11.3 Å². The number of nitrogens with one attached hydrogen (secondary N) is 1. The molecule has 0 aromatic heterocycles. The molecule has 0 spiro atoms. The van der Waals surface area contributed by atoms with Crippen LogP contribution in [0.4, 0.5) is 5.69 Å². The lowest BCUT2D eigenvalue weighted by molar-refractivity contribution is -0.118. The maximum absolute atomic E-state index is 12.2. The highest BCUT2D eigenvalue weighted by atomic mass is 16.5. The fourth-order valence-electron chi connectivity index (χ4n) is 2.22. The number of ether oxygens (including phenoxy) is 4. The predicted molar refractivity (Wildman–Crippen MR) is 96.2 cm³/mol. The monoisotopic (exact) mass is 370 g/mol. The van der Waals surface area contributed by atoms with E-state index in [4.69, 9.17) is 24.2 Å². The normalized spacial score (nSPS) is 9.70. The van der Waals surface area contributed by atoms with E-state index in [1.807, 2.05) is 6.07 Å². The maximum Gasteiger partial charge on any atom is 0.340 e. The molecule has 1 amide bonds. The molecule has 0 heterocycles. The molecule has 140 valence electrons. The minimum Gasteiger partial charge on any atom is -0.493 e. The molecule has 0 unspecified atom stereocenters. The number of carbonyl (C=O) groups excluding carboxylic acids is 2. The number of methoxy groups -OCH3 is 3. The quantitative estimate of drug-likeness (QED) is 0.746. The zero-order valence-corrected chi connectivity index (χ0v) is 15.1. The van der Waals surface area contributed by atoms with Gasteiger partial charge in [0, 0.05) is 12.1 Å². The fourth-order valence-corrected chi connectivity index (χ4v) is 2.22. The van der Waals surface area contributed by atoms with Gasteiger partial charge in [-0.25, -0.2) is 4.79 Å². The summed E-state index contributed by atoms with van der Waals surface area (Å²) in [6, 6.07) is 11.2. The average Bonchev–Trinajstić information content (AvgIpc) is 2.71. The SMILES string of the molecule is COC(=O)c1cc(OC)c(OC)cc1NC(=O)COc1ccc(C#N)cc1. The summed E-state index contributed by atoms with van der Waals surface area (Å²) in [7, 11) is 4.11. The molecule has 0 aliphatic carbocycles. The number of anilines is 1. The number of carbonyl (C=O) groups is 2. The molecule has 0 saturated carbocycles. The number of hydrogen-bond acceptors (Lipinski definition) is 7. The van der Waals surface area contributed by atoms with Crippen molar-refractivity contribution in [2.24, 2.45) is 0 Å². The van der Waals surface area contributed by atoms with Gasteiger partial charge < -0.3 is 24.3 Å². The van der Waals surface area contributed by atoms with Crippen molar-refractivity contribution in [1.82, 2.24) is 0 Å². The van der Waals surface area contributed by atoms with Crippen LogP contribution < -0.4 is 19.5 Å². The topological polar surface area (TPSA) is 107 Å². The Morgan fingerprint density at radius 2 is 1.67 bits per heavy atom. The fraction of sp³-hybridized carbons (Fsp3) is 0.211. The first kappa shape index (κ1) is 19.6. The molecule has 0 saturated heterocycles. The van der Waals surface area contributed by atoms with Crippen LogP contribution in [0.2, 0.25) is 0 Å². The first-order chi connectivity index (χ1) is 13.0. The van der Waals surface area contributed by atoms with Gasteiger partial charge in [-0.05, 0) is 24.3 Å². The van der Waals surface area contributed by atoms with Gasteiger partial charge in [0.05, 0.1) is 44.2 Å². The highest BCUT2D eigenvalue weighted by molar-refractivity contribution is 6.02. The molecular weight excluding hydrogens is 352 g/mol. The number of esters is 1. The van der Waals surface area contributed by atoms with E-state index in [0.717, 1.165) is 0 Å². The summed E-state index contributed by atoms with van der Waals surface area (Å²) in [5.41, 5.74) is 0.801. The molecule has 0 radical (unpaired) electrons. The van der Waals surface area contributed by atoms with E-state index in [2.05, 4.69) is 5.32 Å². The Kier molecular flexibility index (Phi) is 6.61. The van der Waals surface area contributed by atoms with E-state index in [1.165, 1.54) is 33.5 Å². The summed E-state index contributed by atoms with van der Waals surface area (Å²) in [5.74, 6) is -0.0288. The molecule has 0 fully saturated rings. The second kappa shape index (κ2) is 9.10. The Hall–Kier alpha value is -3.73. The van der Waals surface area contributed by atoms with E-state index in [1.54, 1.807) is 24.3 Å². The molecule has 2 aromatic carbocycles. The van der Waals surface area contributed by atoms with Gasteiger partial charge in [0.25, 0.3) is 5.91 Å². The second-order valence-corrected chi connectivity index (χ2v) is 5.22. The molecule has 0 atom stereocenters. The van der Waals surface area contributed by atoms with Crippen LogP contribution in [0.3, 0.4) is 0 Å². The van der Waals surface area contributed by atoms with Gasteiger partial charge in [-0.15, -0.1) is 0 Å². The average molecular weight is 370 g/mol. The number of benzene rings is 2. The minimum atomic E-state index is -0.640. The summed E-state index contributed by atoms with van der Waals surface area (Å²) in [4.78, 5) is 24.2. The molecule has 8 nitrogen and oxygen atoms in total. The van der Waals surface area contributed by atoms with E-state index >= 15 is 0 Å². The number of hydrogen-bond donors (Lipinski definition) is 1. The van der Waals surface area contributed by atoms with Crippen molar-refractivity contribution in [2.45, 2.75) is 0 Å². The van der Waals surface area contributed by atoms with Crippen molar-refractivity contribution in [3.63, 3.8) is 0 Å². The first-order valence-corrected chi connectivity index (χ1v) is 7.79. The van der Waals surface area contributed by atoms with Gasteiger partial charge in [-0.3, -0.25) is 4.79 Å². The van der Waals surface area contributed by atoms with Crippen molar-refractivity contribution in [1.29, 1.82) is 5.26 Å². The lowest BCUT2D eigenvalue weighted by Crippen LogP contribution is -2.22. The van der Waals surface area contributed by atoms with Crippen LogP contribution in [0.1, 0.15) is 15.9 Å². The highest BCUT2D eigenvalue weighted by Crippen LogP contribution is 2.33. The smallest absolute Gasteiger partial charge is 0.340 e. The van der Waals surface area contributed by atoms with Crippen molar-refractivity contribution in [3.05, 3.63) is 47.5 Å². The Labute approximate surface area is 156 Å². The minimum absolute atomic E-state index is 0.113. The van der Waals surface area contributed by atoms with Gasteiger partial charge in [0.15, 0.2) is 18.1 Å². The maximum atomic E-state index is 12.2. The number of rotatable bonds is 7. The van der Waals surface area contributed by atoms with Crippen molar-refractivity contribution in [3.8, 4) is 23.3 Å². The molecule has 1 N–H and O–H groups in total. The summed E-state index contributed by atoms with van der Waals surface area (Å²) >= 11 is 0. The van der Waals surface area contributed by atoms with Crippen molar-refractivity contribution in [2.75, 3.05) is 33.3 Å². The predicted octanol–water partition coefficient (Wildman–Crippen LogP) is 2.38. The van der Waals surface area contributed by atoms with Gasteiger partial charge >= 0.3 is 5.97 Å². The Balaban J connectivity index is 2.15. The van der Waals surface area contributed by atoms with Crippen LogP contribution in [-0.4, -0.2) is 39.8 Å². The Bertz CT molecular complexity index is 871. The van der Waals surface area contributed by atoms with Crippen molar-refractivity contribution >= 4 is 17.6 Å². The van der Waals surface area contributed by atoms with Gasteiger partial charge in [0.1, 0.15) is 5.75 Å². The third-order valence-electron chi connectivity index (χ3n) is 3.56. The van der Waals surface area contributed by atoms with Crippen LogP contribution in [0.5, 0.6) is 17.2 Å². The first-order valence-electron chi connectivity index (χ1n) is 7.79.